The summed E-state index contributed by atoms with van der Waals surface area (Å²) in [6.07, 6.45) is 6.43. The van der Waals surface area contributed by atoms with Crippen molar-refractivity contribution >= 4 is 23.5 Å². The van der Waals surface area contributed by atoms with E-state index in [0.717, 1.165) is 44.9 Å². The number of unbranched alkanes of at least 4 members (excludes halogenated alkanes) is 2. The summed E-state index contributed by atoms with van der Waals surface area (Å²) >= 11 is 5.59. The number of imide groups is 1. The fourth-order valence-corrected chi connectivity index (χ4v) is 2.93. The topological polar surface area (TPSA) is 49.4 Å². The van der Waals surface area contributed by atoms with Crippen molar-refractivity contribution < 1.29 is 9.59 Å². The number of carbonyl (C=O) groups excluding carboxylic acids is 2. The minimum atomic E-state index is -0.552. The maximum Gasteiger partial charge on any atom is 0.325 e. The predicted molar refractivity (Wildman–Crippen MR) is 66.0 cm³/mol. The van der Waals surface area contributed by atoms with Gasteiger partial charge in [-0.2, -0.15) is 0 Å². The van der Waals surface area contributed by atoms with Crippen LogP contribution in [0.5, 0.6) is 0 Å². The van der Waals surface area contributed by atoms with E-state index in [9.17, 15) is 9.59 Å². The number of nitrogens with one attached hydrogen (secondary N) is 1. The van der Waals surface area contributed by atoms with Crippen LogP contribution < -0.4 is 5.32 Å². The molecule has 1 spiro atoms. The number of nitrogens with zero attached hydrogens (tertiary/aromatic N) is 1. The Balaban J connectivity index is 1.90. The lowest BCUT2D eigenvalue weighted by Crippen LogP contribution is -2.44. The molecule has 2 aliphatic rings. The lowest BCUT2D eigenvalue weighted by atomic mass is 9.98. The number of amides is 3. The highest BCUT2D eigenvalue weighted by atomic mass is 35.5. The van der Waals surface area contributed by atoms with Crippen molar-refractivity contribution in [3.63, 3.8) is 0 Å². The van der Waals surface area contributed by atoms with E-state index in [0.29, 0.717) is 12.4 Å². The van der Waals surface area contributed by atoms with E-state index in [-0.39, 0.29) is 11.9 Å². The molecule has 2 fully saturated rings. The van der Waals surface area contributed by atoms with E-state index in [2.05, 4.69) is 5.32 Å². The molecular formula is C12H19ClN2O2. The molecule has 1 saturated carbocycles. The normalized spacial score (nSPS) is 22.5. The summed E-state index contributed by atoms with van der Waals surface area (Å²) in [7, 11) is 0. The molecule has 1 aliphatic heterocycles. The predicted octanol–water partition coefficient (Wildman–Crippen LogP) is 2.26. The molecule has 1 saturated heterocycles. The highest BCUT2D eigenvalue weighted by Crippen LogP contribution is 2.35. The van der Waals surface area contributed by atoms with Gasteiger partial charge in [-0.25, -0.2) is 4.79 Å². The molecular weight excluding hydrogens is 240 g/mol. The van der Waals surface area contributed by atoms with Crippen molar-refractivity contribution in [3.8, 4) is 0 Å². The fraction of sp³-hybridized carbons (Fsp3) is 0.833. The number of hydrogen-bond donors (Lipinski definition) is 1. The molecule has 4 nitrogen and oxygen atoms in total. The van der Waals surface area contributed by atoms with Gasteiger partial charge in [0.1, 0.15) is 5.54 Å². The van der Waals surface area contributed by atoms with E-state index in [1.54, 1.807) is 0 Å². The van der Waals surface area contributed by atoms with E-state index in [1.807, 2.05) is 0 Å². The number of rotatable bonds is 5. The first-order valence-electron chi connectivity index (χ1n) is 6.40. The molecule has 1 heterocycles. The van der Waals surface area contributed by atoms with E-state index in [1.165, 1.54) is 4.90 Å². The zero-order valence-corrected chi connectivity index (χ0v) is 10.8. The van der Waals surface area contributed by atoms with Gasteiger partial charge in [0.2, 0.25) is 0 Å². The summed E-state index contributed by atoms with van der Waals surface area (Å²) in [6, 6.07) is -0.206. The van der Waals surface area contributed by atoms with Crippen molar-refractivity contribution in [3.05, 3.63) is 0 Å². The van der Waals surface area contributed by atoms with Crippen molar-refractivity contribution in [2.75, 3.05) is 12.4 Å². The van der Waals surface area contributed by atoms with E-state index in [4.69, 9.17) is 11.6 Å². The second kappa shape index (κ2) is 5.25. The molecule has 17 heavy (non-hydrogen) atoms. The van der Waals surface area contributed by atoms with Crippen molar-refractivity contribution in [2.45, 2.75) is 50.5 Å². The SMILES string of the molecule is O=C1NC2(CCCC2)C(=O)N1CCCCCCl. The highest BCUT2D eigenvalue weighted by molar-refractivity contribution is 6.17. The van der Waals surface area contributed by atoms with Gasteiger partial charge in [-0.05, 0) is 25.7 Å². The van der Waals surface area contributed by atoms with Crippen molar-refractivity contribution in [1.82, 2.24) is 10.2 Å². The summed E-state index contributed by atoms with van der Waals surface area (Å²) in [5.74, 6) is 0.634. The van der Waals surface area contributed by atoms with Crippen molar-refractivity contribution in [2.24, 2.45) is 0 Å². The Labute approximate surface area is 107 Å². The standard InChI is InChI=1S/C12H19ClN2O2/c13-8-4-1-5-9-15-10(16)12(14-11(15)17)6-2-3-7-12/h1-9H2,(H,14,17). The Morgan fingerprint density at radius 1 is 1.18 bits per heavy atom. The molecule has 1 N–H and O–H groups in total. The van der Waals surface area contributed by atoms with Gasteiger partial charge in [0.05, 0.1) is 0 Å². The van der Waals surface area contributed by atoms with Crippen molar-refractivity contribution in [1.29, 1.82) is 0 Å². The molecule has 1 aliphatic carbocycles. The molecule has 0 unspecified atom stereocenters. The average molecular weight is 259 g/mol. The summed E-state index contributed by atoms with van der Waals surface area (Å²) in [4.78, 5) is 25.4. The molecule has 2 rings (SSSR count). The Hall–Kier alpha value is -0.770. The summed E-state index contributed by atoms with van der Waals surface area (Å²) in [5, 5.41) is 2.88. The van der Waals surface area contributed by atoms with Crippen LogP contribution in [0, 0.1) is 0 Å². The molecule has 3 amide bonds. The number of halogens is 1. The number of carbonyl (C=O) groups is 2. The summed E-state index contributed by atoms with van der Waals surface area (Å²) < 4.78 is 0. The smallest absolute Gasteiger partial charge is 0.323 e. The summed E-state index contributed by atoms with van der Waals surface area (Å²) in [5.41, 5.74) is -0.552. The minimum absolute atomic E-state index is 0.00845. The first-order valence-corrected chi connectivity index (χ1v) is 6.93. The van der Waals surface area contributed by atoms with Gasteiger partial charge in [-0.15, -0.1) is 11.6 Å². The molecule has 0 bridgehead atoms. The fourth-order valence-electron chi connectivity index (χ4n) is 2.74. The molecule has 96 valence electrons. The van der Waals surface area contributed by atoms with Crippen LogP contribution in [-0.4, -0.2) is 34.8 Å². The van der Waals surface area contributed by atoms with Crippen LogP contribution in [0.25, 0.3) is 0 Å². The van der Waals surface area contributed by atoms with Gasteiger partial charge in [-0.3, -0.25) is 9.69 Å². The second-order valence-electron chi connectivity index (χ2n) is 4.93. The van der Waals surface area contributed by atoms with Crippen LogP contribution >= 0.6 is 11.6 Å². The molecule has 0 atom stereocenters. The van der Waals surface area contributed by atoms with Gasteiger partial charge in [-0.1, -0.05) is 19.3 Å². The third-order valence-corrected chi connectivity index (χ3v) is 3.99. The second-order valence-corrected chi connectivity index (χ2v) is 5.30. The zero-order chi connectivity index (χ0) is 12.3. The molecule has 0 radical (unpaired) electrons. The van der Waals surface area contributed by atoms with Crippen LogP contribution in [0.3, 0.4) is 0 Å². The monoisotopic (exact) mass is 258 g/mol. The largest absolute Gasteiger partial charge is 0.325 e. The lowest BCUT2D eigenvalue weighted by molar-refractivity contribution is -0.131. The van der Waals surface area contributed by atoms with Gasteiger partial charge >= 0.3 is 6.03 Å². The van der Waals surface area contributed by atoms with Crippen LogP contribution in [0.1, 0.15) is 44.9 Å². The Morgan fingerprint density at radius 2 is 1.88 bits per heavy atom. The molecule has 0 aromatic carbocycles. The third-order valence-electron chi connectivity index (χ3n) is 3.72. The summed E-state index contributed by atoms with van der Waals surface area (Å²) in [6.45, 7) is 0.531. The molecule has 0 aromatic rings. The van der Waals surface area contributed by atoms with Crippen LogP contribution in [0.4, 0.5) is 4.79 Å². The maximum atomic E-state index is 12.2. The number of hydrogen-bond acceptors (Lipinski definition) is 2. The first kappa shape index (κ1) is 12.7. The maximum absolute atomic E-state index is 12.2. The zero-order valence-electron chi connectivity index (χ0n) is 10.0. The van der Waals surface area contributed by atoms with E-state index >= 15 is 0 Å². The highest BCUT2D eigenvalue weighted by Gasteiger charge is 2.51. The van der Waals surface area contributed by atoms with Gasteiger partial charge in [0, 0.05) is 12.4 Å². The quantitative estimate of drug-likeness (QED) is 0.467. The Morgan fingerprint density at radius 3 is 2.53 bits per heavy atom. The minimum Gasteiger partial charge on any atom is -0.323 e. The van der Waals surface area contributed by atoms with Gasteiger partial charge in [0.15, 0.2) is 0 Å². The number of urea groups is 1. The van der Waals surface area contributed by atoms with E-state index < -0.39 is 5.54 Å². The van der Waals surface area contributed by atoms with Crippen LogP contribution in [0.2, 0.25) is 0 Å². The lowest BCUT2D eigenvalue weighted by Gasteiger charge is -2.19. The van der Waals surface area contributed by atoms with Crippen LogP contribution in [-0.2, 0) is 4.79 Å². The van der Waals surface area contributed by atoms with Crippen LogP contribution in [0.15, 0.2) is 0 Å². The molecule has 0 aromatic heterocycles. The average Bonchev–Trinajstić information content (AvgIpc) is 2.85. The van der Waals surface area contributed by atoms with Gasteiger partial charge in [0.25, 0.3) is 5.91 Å². The molecule has 5 heteroatoms. The van der Waals surface area contributed by atoms with Gasteiger partial charge < -0.3 is 5.32 Å². The Bertz CT molecular complexity index is 314. The number of alkyl halides is 1. The third kappa shape index (κ3) is 2.41. The first-order chi connectivity index (χ1) is 8.19. The Kier molecular flexibility index (Phi) is 3.92.